The predicted molar refractivity (Wildman–Crippen MR) is 123 cm³/mol. The van der Waals surface area contributed by atoms with Gasteiger partial charge in [-0.25, -0.2) is 4.79 Å². The van der Waals surface area contributed by atoms with Gasteiger partial charge in [-0.3, -0.25) is 0 Å². The van der Waals surface area contributed by atoms with Crippen molar-refractivity contribution in [2.45, 2.75) is 6.92 Å². The second-order valence-electron chi connectivity index (χ2n) is 7.40. The van der Waals surface area contributed by atoms with Crippen molar-refractivity contribution in [3.8, 4) is 16.9 Å². The molecule has 2 heteroatoms. The Kier molecular flexibility index (Phi) is 4.53. The molecule has 5 aromatic carbocycles. The topological polar surface area (TPSA) is 26.3 Å². The van der Waals surface area contributed by atoms with Crippen molar-refractivity contribution < 1.29 is 9.53 Å². The number of rotatable bonds is 3. The van der Waals surface area contributed by atoms with Crippen LogP contribution >= 0.6 is 0 Å². The van der Waals surface area contributed by atoms with E-state index in [4.69, 9.17) is 4.74 Å². The standard InChI is InChI=1S/C28H20O2/c1-19-16-17-23-18-22-14-8-9-15-24(22)27(30-28(29)21-12-6-3-7-13-21)26(23)25(19)20-10-4-2-5-11-20/h2-18H,1H3. The van der Waals surface area contributed by atoms with Gasteiger partial charge in [0.2, 0.25) is 0 Å². The van der Waals surface area contributed by atoms with Gasteiger partial charge in [-0.2, -0.15) is 0 Å². The molecule has 0 heterocycles. The van der Waals surface area contributed by atoms with Gasteiger partial charge in [-0.05, 0) is 52.6 Å². The Labute approximate surface area is 175 Å². The fraction of sp³-hybridized carbons (Fsp3) is 0.0357. The molecule has 0 radical (unpaired) electrons. The minimum absolute atomic E-state index is 0.353. The molecule has 0 aromatic heterocycles. The van der Waals surface area contributed by atoms with Gasteiger partial charge in [0.1, 0.15) is 5.75 Å². The van der Waals surface area contributed by atoms with Crippen LogP contribution in [0.25, 0.3) is 32.7 Å². The van der Waals surface area contributed by atoms with Crippen LogP contribution < -0.4 is 4.74 Å². The van der Waals surface area contributed by atoms with Gasteiger partial charge in [0.05, 0.1) is 5.56 Å². The zero-order chi connectivity index (χ0) is 20.5. The van der Waals surface area contributed by atoms with Crippen molar-refractivity contribution in [2.24, 2.45) is 0 Å². The quantitative estimate of drug-likeness (QED) is 0.186. The zero-order valence-corrected chi connectivity index (χ0v) is 16.6. The van der Waals surface area contributed by atoms with Gasteiger partial charge in [-0.15, -0.1) is 0 Å². The first-order valence-corrected chi connectivity index (χ1v) is 10.00. The molecule has 2 nitrogen and oxygen atoms in total. The van der Waals surface area contributed by atoms with Gasteiger partial charge in [0, 0.05) is 10.8 Å². The molecule has 0 amide bonds. The lowest BCUT2D eigenvalue weighted by molar-refractivity contribution is 0.0739. The molecule has 5 aromatic rings. The van der Waals surface area contributed by atoms with E-state index >= 15 is 0 Å². The van der Waals surface area contributed by atoms with Crippen LogP contribution in [0.5, 0.6) is 5.75 Å². The Morgan fingerprint density at radius 3 is 2.13 bits per heavy atom. The Hall–Kier alpha value is -3.91. The maximum absolute atomic E-state index is 13.0. The summed E-state index contributed by atoms with van der Waals surface area (Å²) in [4.78, 5) is 13.0. The summed E-state index contributed by atoms with van der Waals surface area (Å²) in [6.45, 7) is 2.10. The van der Waals surface area contributed by atoms with E-state index < -0.39 is 0 Å². The average Bonchev–Trinajstić information content (AvgIpc) is 2.80. The van der Waals surface area contributed by atoms with Crippen molar-refractivity contribution in [1.29, 1.82) is 0 Å². The number of hydrogen-bond donors (Lipinski definition) is 0. The maximum atomic E-state index is 13.0. The van der Waals surface area contributed by atoms with Crippen LogP contribution in [0.4, 0.5) is 0 Å². The van der Waals surface area contributed by atoms with Gasteiger partial charge in [0.15, 0.2) is 0 Å². The Balaban J connectivity index is 1.83. The summed E-state index contributed by atoms with van der Waals surface area (Å²) in [7, 11) is 0. The highest BCUT2D eigenvalue weighted by Gasteiger charge is 2.19. The SMILES string of the molecule is Cc1ccc2cc3ccccc3c(OC(=O)c3ccccc3)c2c1-c1ccccc1. The van der Waals surface area contributed by atoms with E-state index in [9.17, 15) is 4.79 Å². The molecule has 0 atom stereocenters. The first-order valence-electron chi connectivity index (χ1n) is 10.00. The third-order valence-corrected chi connectivity index (χ3v) is 5.46. The highest BCUT2D eigenvalue weighted by Crippen LogP contribution is 2.42. The second-order valence-corrected chi connectivity index (χ2v) is 7.40. The smallest absolute Gasteiger partial charge is 0.343 e. The molecule has 0 aliphatic heterocycles. The number of hydrogen-bond acceptors (Lipinski definition) is 2. The monoisotopic (exact) mass is 388 g/mol. The van der Waals surface area contributed by atoms with Crippen molar-refractivity contribution in [2.75, 3.05) is 0 Å². The number of carbonyl (C=O) groups is 1. The van der Waals surface area contributed by atoms with Crippen LogP contribution in [-0.2, 0) is 0 Å². The average molecular weight is 388 g/mol. The van der Waals surface area contributed by atoms with Gasteiger partial charge < -0.3 is 4.74 Å². The molecule has 0 N–H and O–H groups in total. The number of esters is 1. The fourth-order valence-corrected chi connectivity index (χ4v) is 4.03. The van der Waals surface area contributed by atoms with Crippen LogP contribution in [0.3, 0.4) is 0 Å². The van der Waals surface area contributed by atoms with E-state index in [-0.39, 0.29) is 5.97 Å². The first-order chi connectivity index (χ1) is 14.7. The lowest BCUT2D eigenvalue weighted by Crippen LogP contribution is -2.09. The van der Waals surface area contributed by atoms with Crippen LogP contribution in [-0.4, -0.2) is 5.97 Å². The molecule has 0 fully saturated rings. The predicted octanol–water partition coefficient (Wildman–Crippen LogP) is 7.19. The number of aryl methyl sites for hydroxylation is 1. The van der Waals surface area contributed by atoms with Crippen molar-refractivity contribution in [1.82, 2.24) is 0 Å². The third kappa shape index (κ3) is 3.13. The second kappa shape index (κ2) is 7.49. The normalized spacial score (nSPS) is 11.0. The molecule has 0 aliphatic rings. The minimum atomic E-state index is -0.353. The first kappa shape index (κ1) is 18.1. The molecular formula is C28H20O2. The lowest BCUT2D eigenvalue weighted by Gasteiger charge is -2.17. The molecule has 0 spiro atoms. The van der Waals surface area contributed by atoms with Crippen LogP contribution in [0.15, 0.2) is 103 Å². The van der Waals surface area contributed by atoms with Crippen LogP contribution in [0, 0.1) is 6.92 Å². The number of carbonyl (C=O) groups excluding carboxylic acids is 1. The summed E-state index contributed by atoms with van der Waals surface area (Å²) >= 11 is 0. The molecule has 0 saturated carbocycles. The summed E-state index contributed by atoms with van der Waals surface area (Å²) in [5.74, 6) is 0.258. The molecule has 0 bridgehead atoms. The number of ether oxygens (including phenoxy) is 1. The van der Waals surface area contributed by atoms with Crippen molar-refractivity contribution >= 4 is 27.5 Å². The third-order valence-electron chi connectivity index (χ3n) is 5.46. The highest BCUT2D eigenvalue weighted by molar-refractivity contribution is 6.13. The molecule has 30 heavy (non-hydrogen) atoms. The summed E-state index contributed by atoms with van der Waals surface area (Å²) in [6, 6.07) is 33.8. The van der Waals surface area contributed by atoms with E-state index in [2.05, 4.69) is 43.3 Å². The van der Waals surface area contributed by atoms with Gasteiger partial charge >= 0.3 is 5.97 Å². The number of benzene rings is 5. The molecule has 144 valence electrons. The van der Waals surface area contributed by atoms with Gasteiger partial charge in [-0.1, -0.05) is 84.9 Å². The minimum Gasteiger partial charge on any atom is -0.422 e. The Morgan fingerprint density at radius 1 is 0.700 bits per heavy atom. The molecular weight excluding hydrogens is 368 g/mol. The van der Waals surface area contributed by atoms with E-state index in [0.717, 1.165) is 38.2 Å². The largest absolute Gasteiger partial charge is 0.422 e. The summed E-state index contributed by atoms with van der Waals surface area (Å²) in [5.41, 5.74) is 3.87. The highest BCUT2D eigenvalue weighted by atomic mass is 16.5. The van der Waals surface area contributed by atoms with E-state index in [0.29, 0.717) is 11.3 Å². The number of fused-ring (bicyclic) bond motifs is 2. The molecule has 0 aliphatic carbocycles. The summed E-state index contributed by atoms with van der Waals surface area (Å²) in [6.07, 6.45) is 0. The van der Waals surface area contributed by atoms with E-state index in [1.54, 1.807) is 12.1 Å². The zero-order valence-electron chi connectivity index (χ0n) is 16.6. The van der Waals surface area contributed by atoms with E-state index in [1.165, 1.54) is 0 Å². The molecule has 0 unspecified atom stereocenters. The van der Waals surface area contributed by atoms with Gasteiger partial charge in [0.25, 0.3) is 0 Å². The Morgan fingerprint density at radius 2 is 1.37 bits per heavy atom. The van der Waals surface area contributed by atoms with E-state index in [1.807, 2.05) is 54.6 Å². The lowest BCUT2D eigenvalue weighted by atomic mass is 9.91. The summed E-state index contributed by atoms with van der Waals surface area (Å²) < 4.78 is 6.11. The fourth-order valence-electron chi connectivity index (χ4n) is 4.03. The van der Waals surface area contributed by atoms with Crippen LogP contribution in [0.2, 0.25) is 0 Å². The maximum Gasteiger partial charge on any atom is 0.343 e. The van der Waals surface area contributed by atoms with Crippen molar-refractivity contribution in [3.63, 3.8) is 0 Å². The molecule has 0 saturated heterocycles. The molecule has 5 rings (SSSR count). The summed E-state index contributed by atoms with van der Waals surface area (Å²) in [5, 5.41) is 3.99. The Bertz CT molecular complexity index is 1370. The van der Waals surface area contributed by atoms with Crippen molar-refractivity contribution in [3.05, 3.63) is 114 Å². The van der Waals surface area contributed by atoms with Crippen LogP contribution in [0.1, 0.15) is 15.9 Å².